The normalized spacial score (nSPS) is 9.53. The van der Waals surface area contributed by atoms with Crippen molar-refractivity contribution in [2.75, 3.05) is 5.32 Å². The quantitative estimate of drug-likeness (QED) is 0.813. The van der Waals surface area contributed by atoms with Gasteiger partial charge in [-0.15, -0.1) is 0 Å². The Morgan fingerprint density at radius 2 is 2.27 bits per heavy atom. The molecule has 2 aromatic heterocycles. The molecule has 0 aliphatic carbocycles. The predicted molar refractivity (Wildman–Crippen MR) is 52.8 cm³/mol. The Labute approximate surface area is 86.4 Å². The van der Waals surface area contributed by atoms with Gasteiger partial charge in [-0.25, -0.2) is 9.97 Å². The lowest BCUT2D eigenvalue weighted by Crippen LogP contribution is -2.03. The lowest BCUT2D eigenvalue weighted by atomic mass is 10.4. The number of nitriles is 1. The van der Waals surface area contributed by atoms with Gasteiger partial charge in [0, 0.05) is 12.4 Å². The van der Waals surface area contributed by atoms with E-state index in [4.69, 9.17) is 9.68 Å². The second kappa shape index (κ2) is 4.24. The number of furan rings is 1. The van der Waals surface area contributed by atoms with E-state index in [0.29, 0.717) is 12.4 Å². The molecule has 5 heteroatoms. The number of anilines is 1. The molecule has 2 rings (SSSR count). The molecule has 5 nitrogen and oxygen atoms in total. The Bertz CT molecular complexity index is 472. The number of hydrogen-bond donors (Lipinski definition) is 1. The Kier molecular flexibility index (Phi) is 2.61. The van der Waals surface area contributed by atoms with Gasteiger partial charge in [0.1, 0.15) is 11.8 Å². The molecule has 74 valence electrons. The zero-order chi connectivity index (χ0) is 10.5. The van der Waals surface area contributed by atoms with E-state index in [9.17, 15) is 0 Å². The Morgan fingerprint density at radius 3 is 3.00 bits per heavy atom. The highest BCUT2D eigenvalue weighted by atomic mass is 16.3. The SMILES string of the molecule is N#Cc1nccnc1NCc1ccco1. The molecule has 0 aromatic carbocycles. The molecule has 0 saturated heterocycles. The molecule has 15 heavy (non-hydrogen) atoms. The van der Waals surface area contributed by atoms with E-state index >= 15 is 0 Å². The zero-order valence-electron chi connectivity index (χ0n) is 7.84. The summed E-state index contributed by atoms with van der Waals surface area (Å²) < 4.78 is 5.14. The summed E-state index contributed by atoms with van der Waals surface area (Å²) in [5.74, 6) is 1.25. The molecule has 0 aliphatic rings. The molecule has 0 radical (unpaired) electrons. The molecule has 0 aliphatic heterocycles. The minimum atomic E-state index is 0.282. The van der Waals surface area contributed by atoms with E-state index in [-0.39, 0.29) is 5.69 Å². The van der Waals surface area contributed by atoms with Gasteiger partial charge in [0.15, 0.2) is 11.5 Å². The minimum Gasteiger partial charge on any atom is -0.467 e. The van der Waals surface area contributed by atoms with Crippen molar-refractivity contribution in [3.8, 4) is 6.07 Å². The fourth-order valence-electron chi connectivity index (χ4n) is 1.13. The van der Waals surface area contributed by atoms with Crippen molar-refractivity contribution in [3.05, 3.63) is 42.2 Å². The largest absolute Gasteiger partial charge is 0.467 e. The standard InChI is InChI=1S/C10H8N4O/c11-6-9-10(13-4-3-12-9)14-7-8-2-1-5-15-8/h1-5H,7H2,(H,13,14). The zero-order valence-corrected chi connectivity index (χ0v) is 7.84. The van der Waals surface area contributed by atoms with Crippen LogP contribution in [0.4, 0.5) is 5.82 Å². The van der Waals surface area contributed by atoms with Crippen LogP contribution in [0.3, 0.4) is 0 Å². The van der Waals surface area contributed by atoms with Crippen molar-refractivity contribution in [1.82, 2.24) is 9.97 Å². The first kappa shape index (κ1) is 9.21. The summed E-state index contributed by atoms with van der Waals surface area (Å²) in [6.07, 6.45) is 4.61. The first-order valence-electron chi connectivity index (χ1n) is 4.37. The molecule has 0 amide bonds. The molecule has 0 saturated carbocycles. The smallest absolute Gasteiger partial charge is 0.182 e. The van der Waals surface area contributed by atoms with Gasteiger partial charge in [0.2, 0.25) is 0 Å². The van der Waals surface area contributed by atoms with Crippen molar-refractivity contribution in [2.45, 2.75) is 6.54 Å². The average Bonchev–Trinajstić information content (AvgIpc) is 2.79. The summed E-state index contributed by atoms with van der Waals surface area (Å²) in [4.78, 5) is 7.89. The van der Waals surface area contributed by atoms with E-state index in [1.165, 1.54) is 12.4 Å². The summed E-state index contributed by atoms with van der Waals surface area (Å²) in [6.45, 7) is 0.486. The molecular weight excluding hydrogens is 192 g/mol. The second-order valence-electron chi connectivity index (χ2n) is 2.80. The van der Waals surface area contributed by atoms with Crippen LogP contribution in [-0.4, -0.2) is 9.97 Å². The highest BCUT2D eigenvalue weighted by Crippen LogP contribution is 2.09. The van der Waals surface area contributed by atoms with E-state index in [1.54, 1.807) is 12.3 Å². The van der Waals surface area contributed by atoms with E-state index < -0.39 is 0 Å². The van der Waals surface area contributed by atoms with Crippen LogP contribution in [0, 0.1) is 11.3 Å². The summed E-state index contributed by atoms with van der Waals surface area (Å²) in [6, 6.07) is 5.61. The number of nitrogens with zero attached hydrogens (tertiary/aromatic N) is 3. The monoisotopic (exact) mass is 200 g/mol. The summed E-state index contributed by atoms with van der Waals surface area (Å²) in [5, 5.41) is 11.7. The number of nitrogens with one attached hydrogen (secondary N) is 1. The van der Waals surface area contributed by atoms with Crippen LogP contribution in [0.2, 0.25) is 0 Å². The van der Waals surface area contributed by atoms with Crippen molar-refractivity contribution >= 4 is 5.82 Å². The van der Waals surface area contributed by atoms with Crippen molar-refractivity contribution in [2.24, 2.45) is 0 Å². The highest BCUT2D eigenvalue weighted by Gasteiger charge is 2.03. The second-order valence-corrected chi connectivity index (χ2v) is 2.80. The van der Waals surface area contributed by atoms with Crippen molar-refractivity contribution in [1.29, 1.82) is 5.26 Å². The molecule has 2 heterocycles. The Hall–Kier alpha value is -2.35. The Morgan fingerprint density at radius 1 is 1.40 bits per heavy atom. The molecule has 1 N–H and O–H groups in total. The van der Waals surface area contributed by atoms with Gasteiger partial charge in [-0.05, 0) is 12.1 Å². The molecule has 0 atom stereocenters. The van der Waals surface area contributed by atoms with E-state index in [0.717, 1.165) is 5.76 Å². The maximum Gasteiger partial charge on any atom is 0.182 e. The van der Waals surface area contributed by atoms with E-state index in [2.05, 4.69) is 15.3 Å². The first-order valence-corrected chi connectivity index (χ1v) is 4.37. The molecule has 0 spiro atoms. The van der Waals surface area contributed by atoms with E-state index in [1.807, 2.05) is 12.1 Å². The van der Waals surface area contributed by atoms with Crippen LogP contribution in [0.1, 0.15) is 11.5 Å². The van der Waals surface area contributed by atoms with Crippen LogP contribution < -0.4 is 5.32 Å². The lowest BCUT2D eigenvalue weighted by molar-refractivity contribution is 0.517. The predicted octanol–water partition coefficient (Wildman–Crippen LogP) is 1.55. The van der Waals surface area contributed by atoms with Gasteiger partial charge in [-0.3, -0.25) is 0 Å². The highest BCUT2D eigenvalue weighted by molar-refractivity contribution is 5.46. The number of aromatic nitrogens is 2. The molecule has 0 unspecified atom stereocenters. The third-order valence-electron chi connectivity index (χ3n) is 1.81. The van der Waals surface area contributed by atoms with Crippen molar-refractivity contribution < 1.29 is 4.42 Å². The lowest BCUT2D eigenvalue weighted by Gasteiger charge is -2.03. The fraction of sp³-hybridized carbons (Fsp3) is 0.100. The van der Waals surface area contributed by atoms with Crippen LogP contribution in [-0.2, 0) is 6.54 Å². The average molecular weight is 200 g/mol. The van der Waals surface area contributed by atoms with Gasteiger partial charge in [-0.1, -0.05) is 0 Å². The van der Waals surface area contributed by atoms with Crippen LogP contribution in [0.25, 0.3) is 0 Å². The fourth-order valence-corrected chi connectivity index (χ4v) is 1.13. The third-order valence-corrected chi connectivity index (χ3v) is 1.81. The maximum absolute atomic E-state index is 8.76. The van der Waals surface area contributed by atoms with Gasteiger partial charge in [0.05, 0.1) is 12.8 Å². The first-order chi connectivity index (χ1) is 7.40. The Balaban J connectivity index is 2.08. The molecule has 0 fully saturated rings. The van der Waals surface area contributed by atoms with Crippen molar-refractivity contribution in [3.63, 3.8) is 0 Å². The van der Waals surface area contributed by atoms with Gasteiger partial charge in [-0.2, -0.15) is 5.26 Å². The van der Waals surface area contributed by atoms with Crippen LogP contribution in [0.15, 0.2) is 35.2 Å². The summed E-state index contributed by atoms with van der Waals surface area (Å²) >= 11 is 0. The molecule has 2 aromatic rings. The maximum atomic E-state index is 8.76. The number of rotatable bonds is 3. The third kappa shape index (κ3) is 2.11. The molecular formula is C10H8N4O. The summed E-state index contributed by atoms with van der Waals surface area (Å²) in [7, 11) is 0. The minimum absolute atomic E-state index is 0.282. The molecule has 0 bridgehead atoms. The topological polar surface area (TPSA) is 74.7 Å². The van der Waals surface area contributed by atoms with Gasteiger partial charge < -0.3 is 9.73 Å². The van der Waals surface area contributed by atoms with Crippen LogP contribution in [0.5, 0.6) is 0 Å². The van der Waals surface area contributed by atoms with Gasteiger partial charge in [0.25, 0.3) is 0 Å². The van der Waals surface area contributed by atoms with Gasteiger partial charge >= 0.3 is 0 Å². The summed E-state index contributed by atoms with van der Waals surface area (Å²) in [5.41, 5.74) is 0.282. The number of hydrogen-bond acceptors (Lipinski definition) is 5. The van der Waals surface area contributed by atoms with Crippen LogP contribution >= 0.6 is 0 Å².